The molecular weight excluding hydrogens is 523 g/mol. The molecule has 0 aliphatic carbocycles. The van der Waals surface area contributed by atoms with Crippen molar-refractivity contribution in [3.8, 4) is 16.9 Å². The van der Waals surface area contributed by atoms with Crippen molar-refractivity contribution >= 4 is 23.7 Å². The van der Waals surface area contributed by atoms with Gasteiger partial charge < -0.3 is 19.1 Å². The van der Waals surface area contributed by atoms with Crippen LogP contribution in [0.5, 0.6) is 5.75 Å². The Balaban J connectivity index is 1.98. The van der Waals surface area contributed by atoms with Crippen LogP contribution in [-0.2, 0) is 40.0 Å². The summed E-state index contributed by atoms with van der Waals surface area (Å²) in [6.45, 7) is 1.68. The zero-order valence-corrected chi connectivity index (χ0v) is 21.9. The summed E-state index contributed by atoms with van der Waals surface area (Å²) >= 11 is 5.98. The Morgan fingerprint density at radius 2 is 1.71 bits per heavy atom. The highest BCUT2D eigenvalue weighted by molar-refractivity contribution is 6.30. The van der Waals surface area contributed by atoms with E-state index >= 15 is 0 Å². The molecule has 0 bridgehead atoms. The standard InChI is InChI=1S/C28H27ClF3NO5/c1-4-33(27(35)38-17-19-6-5-7-22(29)12-19)16-20-15-21(28(30,31)32)9-10-23(20)24-13-18(14-26(34)37-3)8-11-25(24)36-2/h5-13,15H,4,14,16-17H2,1-3H3. The van der Waals surface area contributed by atoms with E-state index < -0.39 is 23.8 Å². The van der Waals surface area contributed by atoms with Gasteiger partial charge in [0, 0.05) is 23.7 Å². The Bertz CT molecular complexity index is 1300. The first-order valence-corrected chi connectivity index (χ1v) is 12.0. The van der Waals surface area contributed by atoms with E-state index in [0.29, 0.717) is 33.0 Å². The minimum Gasteiger partial charge on any atom is -0.496 e. The first-order valence-electron chi connectivity index (χ1n) is 11.7. The third-order valence-corrected chi connectivity index (χ3v) is 6.05. The molecule has 0 heterocycles. The van der Waals surface area contributed by atoms with Gasteiger partial charge in [0.1, 0.15) is 12.4 Å². The minimum atomic E-state index is -4.59. The van der Waals surface area contributed by atoms with E-state index in [9.17, 15) is 22.8 Å². The molecule has 0 atom stereocenters. The molecule has 6 nitrogen and oxygen atoms in total. The number of hydrogen-bond acceptors (Lipinski definition) is 5. The molecule has 0 radical (unpaired) electrons. The van der Waals surface area contributed by atoms with Gasteiger partial charge in [0.2, 0.25) is 0 Å². The molecule has 1 amide bonds. The average molecular weight is 550 g/mol. The predicted octanol–water partition coefficient (Wildman–Crippen LogP) is 6.91. The summed E-state index contributed by atoms with van der Waals surface area (Å²) in [6, 6.07) is 15.1. The molecule has 0 N–H and O–H groups in total. The number of esters is 1. The maximum atomic E-state index is 13.6. The number of alkyl halides is 3. The van der Waals surface area contributed by atoms with Gasteiger partial charge in [0.25, 0.3) is 0 Å². The summed E-state index contributed by atoms with van der Waals surface area (Å²) in [4.78, 5) is 26.0. The molecule has 0 saturated carbocycles. The lowest BCUT2D eigenvalue weighted by Gasteiger charge is -2.23. The summed E-state index contributed by atoms with van der Waals surface area (Å²) in [5.41, 5.74) is 1.53. The smallest absolute Gasteiger partial charge is 0.416 e. The normalized spacial score (nSPS) is 11.1. The quantitative estimate of drug-likeness (QED) is 0.271. The van der Waals surface area contributed by atoms with Gasteiger partial charge in [-0.3, -0.25) is 4.79 Å². The molecule has 38 heavy (non-hydrogen) atoms. The van der Waals surface area contributed by atoms with Gasteiger partial charge >= 0.3 is 18.2 Å². The fourth-order valence-electron chi connectivity index (χ4n) is 3.85. The molecule has 0 aromatic heterocycles. The number of methoxy groups -OCH3 is 2. The molecule has 3 aromatic rings. The van der Waals surface area contributed by atoms with Crippen LogP contribution in [0, 0.1) is 0 Å². The second kappa shape index (κ2) is 12.7. The zero-order valence-electron chi connectivity index (χ0n) is 21.1. The number of amides is 1. The zero-order chi connectivity index (χ0) is 27.9. The summed E-state index contributed by atoms with van der Waals surface area (Å²) < 4.78 is 56.5. The predicted molar refractivity (Wildman–Crippen MR) is 137 cm³/mol. The van der Waals surface area contributed by atoms with Crippen LogP contribution >= 0.6 is 11.6 Å². The fourth-order valence-corrected chi connectivity index (χ4v) is 4.07. The second-order valence-corrected chi connectivity index (χ2v) is 8.79. The fraction of sp³-hybridized carbons (Fsp3) is 0.286. The molecule has 0 saturated heterocycles. The van der Waals surface area contributed by atoms with Crippen molar-refractivity contribution in [3.05, 3.63) is 87.9 Å². The Morgan fingerprint density at radius 1 is 0.947 bits per heavy atom. The molecule has 0 fully saturated rings. The van der Waals surface area contributed by atoms with E-state index in [2.05, 4.69) is 0 Å². The molecule has 202 valence electrons. The van der Waals surface area contributed by atoms with Crippen LogP contribution in [0.2, 0.25) is 5.02 Å². The Morgan fingerprint density at radius 3 is 2.34 bits per heavy atom. The van der Waals surface area contributed by atoms with Crippen molar-refractivity contribution in [2.24, 2.45) is 0 Å². The lowest BCUT2D eigenvalue weighted by molar-refractivity contribution is -0.140. The van der Waals surface area contributed by atoms with Crippen molar-refractivity contribution in [1.82, 2.24) is 4.90 Å². The summed E-state index contributed by atoms with van der Waals surface area (Å²) in [5, 5.41) is 0.489. The Labute approximate surface area is 223 Å². The highest BCUT2D eigenvalue weighted by atomic mass is 35.5. The van der Waals surface area contributed by atoms with Crippen LogP contribution in [0.3, 0.4) is 0 Å². The van der Waals surface area contributed by atoms with Crippen LogP contribution in [0.4, 0.5) is 18.0 Å². The molecule has 3 aromatic carbocycles. The van der Waals surface area contributed by atoms with E-state index in [1.807, 2.05) is 0 Å². The van der Waals surface area contributed by atoms with Crippen LogP contribution in [0.15, 0.2) is 60.7 Å². The molecule has 0 spiro atoms. The number of carbonyl (C=O) groups is 2. The lowest BCUT2D eigenvalue weighted by Crippen LogP contribution is -2.31. The van der Waals surface area contributed by atoms with Crippen molar-refractivity contribution < 1.29 is 37.0 Å². The van der Waals surface area contributed by atoms with E-state index in [0.717, 1.165) is 12.1 Å². The second-order valence-electron chi connectivity index (χ2n) is 8.36. The third-order valence-electron chi connectivity index (χ3n) is 5.82. The molecule has 0 aliphatic heterocycles. The molecule has 10 heteroatoms. The highest BCUT2D eigenvalue weighted by Gasteiger charge is 2.32. The minimum absolute atomic E-state index is 0.0274. The van der Waals surface area contributed by atoms with Crippen molar-refractivity contribution in [2.75, 3.05) is 20.8 Å². The van der Waals surface area contributed by atoms with Gasteiger partial charge in [-0.05, 0) is 65.6 Å². The van der Waals surface area contributed by atoms with Crippen LogP contribution in [-0.4, -0.2) is 37.7 Å². The van der Waals surface area contributed by atoms with Gasteiger partial charge in [0.05, 0.1) is 26.2 Å². The maximum Gasteiger partial charge on any atom is 0.416 e. The van der Waals surface area contributed by atoms with E-state index in [4.69, 9.17) is 25.8 Å². The summed E-state index contributed by atoms with van der Waals surface area (Å²) in [6.07, 6.45) is -5.31. The van der Waals surface area contributed by atoms with Gasteiger partial charge in [-0.2, -0.15) is 13.2 Å². The number of halogens is 4. The number of hydrogen-bond donors (Lipinski definition) is 0. The number of ether oxygens (including phenoxy) is 3. The monoisotopic (exact) mass is 549 g/mol. The van der Waals surface area contributed by atoms with Crippen LogP contribution in [0.1, 0.15) is 29.2 Å². The highest BCUT2D eigenvalue weighted by Crippen LogP contribution is 2.38. The van der Waals surface area contributed by atoms with Crippen molar-refractivity contribution in [3.63, 3.8) is 0 Å². The lowest BCUT2D eigenvalue weighted by atomic mass is 9.94. The van der Waals surface area contributed by atoms with Gasteiger partial charge in [0.15, 0.2) is 0 Å². The topological polar surface area (TPSA) is 65.1 Å². The molecule has 3 rings (SSSR count). The van der Waals surface area contributed by atoms with E-state index in [1.165, 1.54) is 25.2 Å². The largest absolute Gasteiger partial charge is 0.496 e. The average Bonchev–Trinajstić information content (AvgIpc) is 2.89. The van der Waals surface area contributed by atoms with Gasteiger partial charge in [-0.25, -0.2) is 4.79 Å². The van der Waals surface area contributed by atoms with E-state index in [-0.39, 0.29) is 31.7 Å². The van der Waals surface area contributed by atoms with Crippen LogP contribution < -0.4 is 4.74 Å². The number of benzene rings is 3. The first kappa shape index (κ1) is 28.8. The number of carbonyl (C=O) groups excluding carboxylic acids is 2. The molecule has 0 unspecified atom stereocenters. The SMILES string of the molecule is CCN(Cc1cc(C(F)(F)F)ccc1-c1cc(CC(=O)OC)ccc1OC)C(=O)OCc1cccc(Cl)c1. The van der Waals surface area contributed by atoms with E-state index in [1.54, 1.807) is 49.4 Å². The van der Waals surface area contributed by atoms with Crippen molar-refractivity contribution in [2.45, 2.75) is 32.7 Å². The van der Waals surface area contributed by atoms with Crippen molar-refractivity contribution in [1.29, 1.82) is 0 Å². The van der Waals surface area contributed by atoms with Gasteiger partial charge in [-0.1, -0.05) is 35.9 Å². The molecule has 0 aliphatic rings. The molecular formula is C28H27ClF3NO5. The van der Waals surface area contributed by atoms with Gasteiger partial charge in [-0.15, -0.1) is 0 Å². The van der Waals surface area contributed by atoms with Crippen LogP contribution in [0.25, 0.3) is 11.1 Å². The third kappa shape index (κ3) is 7.41. The Hall–Kier alpha value is -3.72. The number of rotatable bonds is 9. The number of nitrogens with zero attached hydrogens (tertiary/aromatic N) is 1. The first-order chi connectivity index (χ1) is 18.0. The summed E-state index contributed by atoms with van der Waals surface area (Å²) in [7, 11) is 2.71. The Kier molecular flexibility index (Phi) is 9.63. The maximum absolute atomic E-state index is 13.6. The summed E-state index contributed by atoms with van der Waals surface area (Å²) in [5.74, 6) is -0.0698.